The van der Waals surface area contributed by atoms with Crippen LogP contribution in [-0.4, -0.2) is 19.1 Å². The summed E-state index contributed by atoms with van der Waals surface area (Å²) in [5, 5.41) is 2.99. The number of hydrogen-bond donors (Lipinski definition) is 1. The van der Waals surface area contributed by atoms with Crippen LogP contribution in [0.2, 0.25) is 0 Å². The van der Waals surface area contributed by atoms with Crippen LogP contribution < -0.4 is 5.32 Å². The molecule has 0 heterocycles. The summed E-state index contributed by atoms with van der Waals surface area (Å²) in [5.41, 5.74) is 1.36. The van der Waals surface area contributed by atoms with Crippen LogP contribution in [0.1, 0.15) is 12.5 Å². The van der Waals surface area contributed by atoms with E-state index in [1.54, 1.807) is 19.2 Å². The molecule has 90 valence electrons. The third-order valence-electron chi connectivity index (χ3n) is 2.09. The Morgan fingerprint density at radius 2 is 2.12 bits per heavy atom. The van der Waals surface area contributed by atoms with Crippen molar-refractivity contribution in [3.8, 4) is 0 Å². The van der Waals surface area contributed by atoms with Crippen LogP contribution >= 0.6 is 0 Å². The molecule has 1 aromatic carbocycles. The first kappa shape index (κ1) is 13.0. The Balaban J connectivity index is 2.90. The second-order valence-corrected chi connectivity index (χ2v) is 3.34. The van der Waals surface area contributed by atoms with Crippen molar-refractivity contribution in [1.82, 2.24) is 5.32 Å². The van der Waals surface area contributed by atoms with E-state index in [2.05, 4.69) is 11.9 Å². The molecule has 0 amide bonds. The van der Waals surface area contributed by atoms with Gasteiger partial charge < -0.3 is 10.1 Å². The van der Waals surface area contributed by atoms with Gasteiger partial charge in [-0.3, -0.25) is 0 Å². The van der Waals surface area contributed by atoms with E-state index in [-0.39, 0.29) is 5.97 Å². The molecule has 0 atom stereocenters. The van der Waals surface area contributed by atoms with Crippen molar-refractivity contribution in [2.24, 2.45) is 0 Å². The van der Waals surface area contributed by atoms with Crippen LogP contribution in [-0.2, 0) is 9.53 Å². The van der Waals surface area contributed by atoms with Crippen LogP contribution in [0.25, 0.3) is 5.57 Å². The lowest BCUT2D eigenvalue weighted by Crippen LogP contribution is -2.12. The van der Waals surface area contributed by atoms with E-state index in [1.165, 1.54) is 0 Å². The summed E-state index contributed by atoms with van der Waals surface area (Å²) in [6.07, 6.45) is 3.39. The molecule has 17 heavy (non-hydrogen) atoms. The van der Waals surface area contributed by atoms with Crippen molar-refractivity contribution in [2.45, 2.75) is 6.92 Å². The molecule has 0 saturated heterocycles. The molecule has 0 aromatic heterocycles. The summed E-state index contributed by atoms with van der Waals surface area (Å²) in [6, 6.07) is 9.42. The lowest BCUT2D eigenvalue weighted by Gasteiger charge is -2.07. The fourth-order valence-electron chi connectivity index (χ4n) is 1.33. The Bertz CT molecular complexity index is 396. The maximum Gasteiger partial charge on any atom is 0.340 e. The molecule has 3 heteroatoms. The molecule has 0 aliphatic heterocycles. The smallest absolute Gasteiger partial charge is 0.340 e. The Morgan fingerprint density at radius 1 is 1.41 bits per heavy atom. The molecule has 0 bridgehead atoms. The Kier molecular flexibility index (Phi) is 5.58. The standard InChI is InChI=1S/C14H17NO2/c1-3-10-15-11-13(14(16)17-4-2)12-8-6-5-7-9-12/h3,5-9,11,15H,1,4,10H2,2H3/b13-11-. The van der Waals surface area contributed by atoms with Crippen molar-refractivity contribution in [2.75, 3.05) is 13.2 Å². The second kappa shape index (κ2) is 7.28. The summed E-state index contributed by atoms with van der Waals surface area (Å²) < 4.78 is 5.02. The SMILES string of the molecule is C=CCN/C=C(\C(=O)OCC)c1ccccc1. The predicted molar refractivity (Wildman–Crippen MR) is 69.3 cm³/mol. The highest BCUT2D eigenvalue weighted by Crippen LogP contribution is 2.14. The zero-order valence-electron chi connectivity index (χ0n) is 9.98. The van der Waals surface area contributed by atoms with E-state index in [0.717, 1.165) is 5.56 Å². The molecule has 0 spiro atoms. The molecule has 0 radical (unpaired) electrons. The first-order valence-electron chi connectivity index (χ1n) is 5.56. The molecular formula is C14H17NO2. The van der Waals surface area contributed by atoms with Crippen molar-refractivity contribution < 1.29 is 9.53 Å². The minimum atomic E-state index is -0.324. The van der Waals surface area contributed by atoms with E-state index in [9.17, 15) is 4.79 Å². The van der Waals surface area contributed by atoms with Gasteiger partial charge in [0.1, 0.15) is 0 Å². The van der Waals surface area contributed by atoms with Gasteiger partial charge in [0.15, 0.2) is 0 Å². The van der Waals surface area contributed by atoms with E-state index >= 15 is 0 Å². The minimum absolute atomic E-state index is 0.324. The number of esters is 1. The van der Waals surface area contributed by atoms with Crippen molar-refractivity contribution in [1.29, 1.82) is 0 Å². The van der Waals surface area contributed by atoms with Gasteiger partial charge in [-0.25, -0.2) is 4.79 Å². The third kappa shape index (κ3) is 4.15. The van der Waals surface area contributed by atoms with Crippen LogP contribution in [0.5, 0.6) is 0 Å². The maximum atomic E-state index is 11.8. The zero-order valence-corrected chi connectivity index (χ0v) is 9.98. The quantitative estimate of drug-likeness (QED) is 0.353. The van der Waals surface area contributed by atoms with Gasteiger partial charge in [-0.2, -0.15) is 0 Å². The van der Waals surface area contributed by atoms with E-state index < -0.39 is 0 Å². The molecule has 1 N–H and O–H groups in total. The number of ether oxygens (including phenoxy) is 1. The molecule has 3 nitrogen and oxygen atoms in total. The summed E-state index contributed by atoms with van der Waals surface area (Å²) in [7, 11) is 0. The maximum absolute atomic E-state index is 11.8. The topological polar surface area (TPSA) is 38.3 Å². The summed E-state index contributed by atoms with van der Waals surface area (Å²) >= 11 is 0. The Morgan fingerprint density at radius 3 is 2.71 bits per heavy atom. The lowest BCUT2D eigenvalue weighted by molar-refractivity contribution is -0.136. The Labute approximate surface area is 102 Å². The van der Waals surface area contributed by atoms with Gasteiger partial charge in [0.2, 0.25) is 0 Å². The lowest BCUT2D eigenvalue weighted by atomic mass is 10.1. The molecule has 0 unspecified atom stereocenters. The fraction of sp³-hybridized carbons (Fsp3) is 0.214. The first-order valence-corrected chi connectivity index (χ1v) is 5.56. The first-order chi connectivity index (χ1) is 8.29. The van der Waals surface area contributed by atoms with E-state index in [4.69, 9.17) is 4.74 Å². The van der Waals surface area contributed by atoms with Crippen molar-refractivity contribution in [3.63, 3.8) is 0 Å². The molecule has 0 fully saturated rings. The van der Waals surface area contributed by atoms with E-state index in [0.29, 0.717) is 18.7 Å². The number of nitrogens with one attached hydrogen (secondary N) is 1. The van der Waals surface area contributed by atoms with Gasteiger partial charge in [-0.1, -0.05) is 36.4 Å². The molecule has 0 aliphatic rings. The summed E-state index contributed by atoms with van der Waals surface area (Å²) in [5.74, 6) is -0.324. The monoisotopic (exact) mass is 231 g/mol. The van der Waals surface area contributed by atoms with Crippen LogP contribution in [0.4, 0.5) is 0 Å². The van der Waals surface area contributed by atoms with Gasteiger partial charge in [-0.15, -0.1) is 6.58 Å². The van der Waals surface area contributed by atoms with Crippen LogP contribution in [0.3, 0.4) is 0 Å². The average molecular weight is 231 g/mol. The zero-order chi connectivity index (χ0) is 12.5. The largest absolute Gasteiger partial charge is 0.462 e. The van der Waals surface area contributed by atoms with Gasteiger partial charge in [-0.05, 0) is 12.5 Å². The van der Waals surface area contributed by atoms with Crippen LogP contribution in [0, 0.1) is 0 Å². The highest BCUT2D eigenvalue weighted by Gasteiger charge is 2.12. The van der Waals surface area contributed by atoms with Gasteiger partial charge in [0.05, 0.1) is 12.2 Å². The predicted octanol–water partition coefficient (Wildman–Crippen LogP) is 2.37. The summed E-state index contributed by atoms with van der Waals surface area (Å²) in [4.78, 5) is 11.8. The number of rotatable bonds is 6. The highest BCUT2D eigenvalue weighted by atomic mass is 16.5. The summed E-state index contributed by atoms with van der Waals surface area (Å²) in [6.45, 7) is 6.37. The molecular weight excluding hydrogens is 214 g/mol. The van der Waals surface area contributed by atoms with Gasteiger partial charge in [0.25, 0.3) is 0 Å². The number of benzene rings is 1. The third-order valence-corrected chi connectivity index (χ3v) is 2.09. The number of carbonyl (C=O) groups excluding carboxylic acids is 1. The molecule has 1 rings (SSSR count). The normalized spacial score (nSPS) is 10.8. The van der Waals surface area contributed by atoms with E-state index in [1.807, 2.05) is 30.3 Å². The van der Waals surface area contributed by atoms with Gasteiger partial charge in [0, 0.05) is 12.7 Å². The molecule has 0 aliphatic carbocycles. The highest BCUT2D eigenvalue weighted by molar-refractivity contribution is 6.16. The molecule has 1 aromatic rings. The van der Waals surface area contributed by atoms with Crippen molar-refractivity contribution >= 4 is 11.5 Å². The average Bonchev–Trinajstić information content (AvgIpc) is 2.36. The fourth-order valence-corrected chi connectivity index (χ4v) is 1.33. The Hall–Kier alpha value is -2.03. The number of hydrogen-bond acceptors (Lipinski definition) is 3. The molecule has 0 saturated carbocycles. The van der Waals surface area contributed by atoms with Crippen LogP contribution in [0.15, 0.2) is 49.2 Å². The minimum Gasteiger partial charge on any atom is -0.462 e. The number of carbonyl (C=O) groups is 1. The van der Waals surface area contributed by atoms with Crippen molar-refractivity contribution in [3.05, 3.63) is 54.8 Å². The van der Waals surface area contributed by atoms with Gasteiger partial charge >= 0.3 is 5.97 Å². The second-order valence-electron chi connectivity index (χ2n) is 3.34.